The molecule has 1 fully saturated rings. The summed E-state index contributed by atoms with van der Waals surface area (Å²) in [6, 6.07) is 17.6. The molecule has 2 amide bonds. The number of amides is 2. The van der Waals surface area contributed by atoms with Gasteiger partial charge in [-0.3, -0.25) is 14.3 Å². The van der Waals surface area contributed by atoms with Crippen molar-refractivity contribution in [3.63, 3.8) is 0 Å². The minimum Gasteiger partial charge on any atom is -0.497 e. The second-order valence-electron chi connectivity index (χ2n) is 8.29. The van der Waals surface area contributed by atoms with Crippen LogP contribution < -0.4 is 10.1 Å². The molecule has 7 heteroatoms. The number of carbonyl (C=O) groups excluding carboxylic acids is 2. The fourth-order valence-electron chi connectivity index (χ4n) is 4.28. The number of ether oxygens (including phenoxy) is 1. The van der Waals surface area contributed by atoms with E-state index in [2.05, 4.69) is 5.32 Å². The Kier molecular flexibility index (Phi) is 7.07. The Hall–Kier alpha value is -3.61. The topological polar surface area (TPSA) is 76.5 Å². The molecular weight excluding hydrogens is 416 g/mol. The standard InChI is InChI=1S/C26H30N4O3/c1-3-27-25(31)21-12-8-14-29(17-21)26(32)23-18-30(16-19-9-5-4-6-10-19)28-24(23)20-11-7-13-22(15-20)33-2/h4-7,9-11,13,15,18,21H,3,8,12,14,16-17H2,1-2H3,(H,27,31). The molecule has 172 valence electrons. The van der Waals surface area contributed by atoms with Crippen LogP contribution in [0, 0.1) is 5.92 Å². The summed E-state index contributed by atoms with van der Waals surface area (Å²) < 4.78 is 7.19. The van der Waals surface area contributed by atoms with Crippen molar-refractivity contribution in [1.29, 1.82) is 0 Å². The highest BCUT2D eigenvalue weighted by Crippen LogP contribution is 2.28. The highest BCUT2D eigenvalue weighted by Gasteiger charge is 2.31. The number of aromatic nitrogens is 2. The van der Waals surface area contributed by atoms with E-state index in [1.54, 1.807) is 12.0 Å². The van der Waals surface area contributed by atoms with E-state index in [0.29, 0.717) is 43.2 Å². The van der Waals surface area contributed by atoms with Crippen molar-refractivity contribution < 1.29 is 14.3 Å². The minimum atomic E-state index is -0.178. The van der Waals surface area contributed by atoms with Gasteiger partial charge in [-0.2, -0.15) is 5.10 Å². The SMILES string of the molecule is CCNC(=O)C1CCCN(C(=O)c2cn(Cc3ccccc3)nc2-c2cccc(OC)c2)C1. The number of piperidine rings is 1. The van der Waals surface area contributed by atoms with Crippen molar-refractivity contribution >= 4 is 11.8 Å². The van der Waals surface area contributed by atoms with Gasteiger partial charge in [0, 0.05) is 31.4 Å². The summed E-state index contributed by atoms with van der Waals surface area (Å²) in [7, 11) is 1.62. The third-order valence-electron chi connectivity index (χ3n) is 5.95. The van der Waals surface area contributed by atoms with Crippen LogP contribution in [0.2, 0.25) is 0 Å². The van der Waals surface area contributed by atoms with Gasteiger partial charge in [0.2, 0.25) is 5.91 Å². The van der Waals surface area contributed by atoms with E-state index >= 15 is 0 Å². The monoisotopic (exact) mass is 446 g/mol. The third kappa shape index (κ3) is 5.25. The molecule has 1 N–H and O–H groups in total. The Morgan fingerprint density at radius 3 is 2.73 bits per heavy atom. The Morgan fingerprint density at radius 1 is 1.15 bits per heavy atom. The van der Waals surface area contributed by atoms with Crippen molar-refractivity contribution in [3.8, 4) is 17.0 Å². The van der Waals surface area contributed by atoms with Gasteiger partial charge >= 0.3 is 0 Å². The van der Waals surface area contributed by atoms with Crippen molar-refractivity contribution in [3.05, 3.63) is 71.9 Å². The summed E-state index contributed by atoms with van der Waals surface area (Å²) in [5.41, 5.74) is 3.08. The van der Waals surface area contributed by atoms with Gasteiger partial charge in [-0.15, -0.1) is 0 Å². The third-order valence-corrected chi connectivity index (χ3v) is 5.95. The molecule has 0 radical (unpaired) electrons. The molecule has 1 aliphatic heterocycles. The summed E-state index contributed by atoms with van der Waals surface area (Å²) in [4.78, 5) is 27.8. The molecule has 1 saturated heterocycles. The molecule has 0 aliphatic carbocycles. The second-order valence-corrected chi connectivity index (χ2v) is 8.29. The fourth-order valence-corrected chi connectivity index (χ4v) is 4.28. The van der Waals surface area contributed by atoms with Gasteiger partial charge in [0.05, 0.1) is 25.1 Å². The van der Waals surface area contributed by atoms with Crippen LogP contribution in [0.1, 0.15) is 35.7 Å². The lowest BCUT2D eigenvalue weighted by atomic mass is 9.96. The van der Waals surface area contributed by atoms with E-state index in [4.69, 9.17) is 9.84 Å². The number of carbonyl (C=O) groups is 2. The number of nitrogens with one attached hydrogen (secondary N) is 1. The number of likely N-dealkylation sites (tertiary alicyclic amines) is 1. The zero-order valence-corrected chi connectivity index (χ0v) is 19.2. The van der Waals surface area contributed by atoms with Crippen LogP contribution in [0.4, 0.5) is 0 Å². The largest absolute Gasteiger partial charge is 0.497 e. The molecule has 0 spiro atoms. The summed E-state index contributed by atoms with van der Waals surface area (Å²) >= 11 is 0. The molecule has 1 aromatic heterocycles. The van der Waals surface area contributed by atoms with Crippen molar-refractivity contribution in [2.45, 2.75) is 26.3 Å². The van der Waals surface area contributed by atoms with Crippen molar-refractivity contribution in [2.75, 3.05) is 26.7 Å². The maximum absolute atomic E-state index is 13.6. The van der Waals surface area contributed by atoms with Crippen molar-refractivity contribution in [1.82, 2.24) is 20.0 Å². The molecule has 1 aliphatic rings. The number of hydrogen-bond donors (Lipinski definition) is 1. The predicted molar refractivity (Wildman–Crippen MR) is 127 cm³/mol. The highest BCUT2D eigenvalue weighted by atomic mass is 16.5. The average Bonchev–Trinajstić information content (AvgIpc) is 3.28. The maximum Gasteiger partial charge on any atom is 0.257 e. The molecule has 2 heterocycles. The van der Waals surface area contributed by atoms with Crippen LogP contribution in [-0.4, -0.2) is 53.2 Å². The number of methoxy groups -OCH3 is 1. The Bertz CT molecular complexity index is 1110. The van der Waals surface area contributed by atoms with E-state index < -0.39 is 0 Å². The predicted octanol–water partition coefficient (Wildman–Crippen LogP) is 3.60. The average molecular weight is 447 g/mol. The van der Waals surface area contributed by atoms with Crippen LogP contribution in [0.5, 0.6) is 5.75 Å². The van der Waals surface area contributed by atoms with Gasteiger partial charge in [-0.1, -0.05) is 42.5 Å². The van der Waals surface area contributed by atoms with Gasteiger partial charge < -0.3 is 15.0 Å². The molecule has 1 unspecified atom stereocenters. The van der Waals surface area contributed by atoms with E-state index in [9.17, 15) is 9.59 Å². The Balaban J connectivity index is 1.66. The van der Waals surface area contributed by atoms with Gasteiger partial charge in [0.15, 0.2) is 0 Å². The second kappa shape index (κ2) is 10.3. The Morgan fingerprint density at radius 2 is 1.97 bits per heavy atom. The first-order valence-corrected chi connectivity index (χ1v) is 11.4. The minimum absolute atomic E-state index is 0.0165. The number of rotatable bonds is 7. The first kappa shape index (κ1) is 22.6. The number of nitrogens with zero attached hydrogens (tertiary/aromatic N) is 3. The normalized spacial score (nSPS) is 15.8. The lowest BCUT2D eigenvalue weighted by Gasteiger charge is -2.32. The molecular formula is C26H30N4O3. The maximum atomic E-state index is 13.6. The van der Waals surface area contributed by atoms with Crippen molar-refractivity contribution in [2.24, 2.45) is 5.92 Å². The molecule has 0 saturated carbocycles. The quantitative estimate of drug-likeness (QED) is 0.602. The van der Waals surface area contributed by atoms with Crippen LogP contribution in [0.25, 0.3) is 11.3 Å². The van der Waals surface area contributed by atoms with Crippen LogP contribution in [0.15, 0.2) is 60.8 Å². The van der Waals surface area contributed by atoms with Gasteiger partial charge in [0.25, 0.3) is 5.91 Å². The summed E-state index contributed by atoms with van der Waals surface area (Å²) in [6.07, 6.45) is 3.42. The van der Waals surface area contributed by atoms with E-state index in [1.165, 1.54) is 0 Å². The molecule has 3 aromatic rings. The summed E-state index contributed by atoms with van der Waals surface area (Å²) in [6.45, 7) is 4.12. The first-order valence-electron chi connectivity index (χ1n) is 11.4. The van der Waals surface area contributed by atoms with E-state index in [1.807, 2.05) is 72.4 Å². The molecule has 1 atom stereocenters. The number of hydrogen-bond acceptors (Lipinski definition) is 4. The molecule has 33 heavy (non-hydrogen) atoms. The zero-order chi connectivity index (χ0) is 23.2. The van der Waals surface area contributed by atoms with Gasteiger partial charge in [-0.25, -0.2) is 0 Å². The lowest BCUT2D eigenvalue weighted by molar-refractivity contribution is -0.126. The van der Waals surface area contributed by atoms with Gasteiger partial charge in [0.1, 0.15) is 11.4 Å². The fraction of sp³-hybridized carbons (Fsp3) is 0.346. The van der Waals surface area contributed by atoms with Crippen LogP contribution in [-0.2, 0) is 11.3 Å². The smallest absolute Gasteiger partial charge is 0.257 e. The first-order chi connectivity index (χ1) is 16.1. The Labute approximate surface area is 194 Å². The van der Waals surface area contributed by atoms with E-state index in [-0.39, 0.29) is 17.7 Å². The molecule has 2 aromatic carbocycles. The van der Waals surface area contributed by atoms with Crippen LogP contribution >= 0.6 is 0 Å². The van der Waals surface area contributed by atoms with E-state index in [0.717, 1.165) is 24.0 Å². The van der Waals surface area contributed by atoms with Crippen LogP contribution in [0.3, 0.4) is 0 Å². The lowest BCUT2D eigenvalue weighted by Crippen LogP contribution is -2.45. The summed E-state index contributed by atoms with van der Waals surface area (Å²) in [5, 5.41) is 7.67. The molecule has 4 rings (SSSR count). The van der Waals surface area contributed by atoms with Gasteiger partial charge in [-0.05, 0) is 37.5 Å². The highest BCUT2D eigenvalue weighted by molar-refractivity contribution is 6.00. The molecule has 7 nitrogen and oxygen atoms in total. The number of benzene rings is 2. The summed E-state index contributed by atoms with van der Waals surface area (Å²) in [5.74, 6) is 0.448. The molecule has 0 bridgehead atoms. The zero-order valence-electron chi connectivity index (χ0n) is 19.2.